The first-order valence-electron chi connectivity index (χ1n) is 1.87. The zero-order valence-corrected chi connectivity index (χ0v) is 5.22. The van der Waals surface area contributed by atoms with Gasteiger partial charge in [-0.3, -0.25) is 4.68 Å². The molecule has 0 unspecified atom stereocenters. The minimum atomic E-state index is 1.01. The molecule has 0 fully saturated rings. The quantitative estimate of drug-likeness (QED) is 0.564. The fraction of sp³-hybridized carbons (Fsp3) is 0. The molecule has 0 bridgehead atoms. The summed E-state index contributed by atoms with van der Waals surface area (Å²) < 4.78 is 2.50. The molecular formula is C4H5BrN2. The van der Waals surface area contributed by atoms with Crippen LogP contribution in [0.3, 0.4) is 0 Å². The molecule has 0 amide bonds. The molecule has 7 heavy (non-hydrogen) atoms. The van der Waals surface area contributed by atoms with Crippen LogP contribution in [-0.4, -0.2) is 4.68 Å². The lowest BCUT2D eigenvalue weighted by Crippen LogP contribution is -2.02. The van der Waals surface area contributed by atoms with Crippen LogP contribution in [0, 0.1) is 0 Å². The third-order valence-corrected chi connectivity index (χ3v) is 1.15. The molecule has 0 aromatic carbocycles. The van der Waals surface area contributed by atoms with E-state index in [1.807, 2.05) is 6.07 Å². The molecular weight excluding hydrogens is 156 g/mol. The Bertz CT molecular complexity index is 142. The SMILES string of the molecule is Nn1ccc(Br)c1. The maximum atomic E-state index is 5.27. The number of halogens is 1. The van der Waals surface area contributed by atoms with Gasteiger partial charge in [0, 0.05) is 16.9 Å². The fourth-order valence-electron chi connectivity index (χ4n) is 0.386. The van der Waals surface area contributed by atoms with Crippen LogP contribution >= 0.6 is 15.9 Å². The molecule has 3 heteroatoms. The lowest BCUT2D eigenvalue weighted by molar-refractivity contribution is 1.02. The summed E-state index contributed by atoms with van der Waals surface area (Å²) in [5.41, 5.74) is 0. The molecule has 0 aliphatic rings. The van der Waals surface area contributed by atoms with Crippen molar-refractivity contribution in [3.8, 4) is 0 Å². The smallest absolute Gasteiger partial charge is 0.0398 e. The molecule has 0 atom stereocenters. The molecule has 1 aromatic rings. The summed E-state index contributed by atoms with van der Waals surface area (Å²) in [4.78, 5) is 0. The first-order chi connectivity index (χ1) is 3.29. The van der Waals surface area contributed by atoms with Crippen molar-refractivity contribution in [3.63, 3.8) is 0 Å². The molecule has 0 aliphatic carbocycles. The highest BCUT2D eigenvalue weighted by molar-refractivity contribution is 9.10. The van der Waals surface area contributed by atoms with E-state index in [1.165, 1.54) is 4.68 Å². The van der Waals surface area contributed by atoms with Crippen molar-refractivity contribution in [2.24, 2.45) is 0 Å². The molecule has 0 saturated carbocycles. The Morgan fingerprint density at radius 2 is 2.43 bits per heavy atom. The summed E-state index contributed by atoms with van der Waals surface area (Å²) in [5.74, 6) is 5.27. The first kappa shape index (κ1) is 4.71. The van der Waals surface area contributed by atoms with E-state index in [-0.39, 0.29) is 0 Å². The van der Waals surface area contributed by atoms with E-state index < -0.39 is 0 Å². The summed E-state index contributed by atoms with van der Waals surface area (Å²) in [6.45, 7) is 0. The molecule has 1 rings (SSSR count). The molecule has 0 aliphatic heterocycles. The lowest BCUT2D eigenvalue weighted by Gasteiger charge is -1.82. The zero-order valence-electron chi connectivity index (χ0n) is 3.63. The largest absolute Gasteiger partial charge is 0.340 e. The number of nitrogens with two attached hydrogens (primary N) is 1. The number of hydrogen-bond acceptors (Lipinski definition) is 1. The van der Waals surface area contributed by atoms with Crippen LogP contribution in [-0.2, 0) is 0 Å². The molecule has 0 radical (unpaired) electrons. The van der Waals surface area contributed by atoms with Crippen molar-refractivity contribution in [2.45, 2.75) is 0 Å². The number of hydrogen-bond donors (Lipinski definition) is 1. The van der Waals surface area contributed by atoms with E-state index in [1.54, 1.807) is 12.4 Å². The van der Waals surface area contributed by atoms with Crippen molar-refractivity contribution >= 4 is 15.9 Å². The standard InChI is InChI=1S/C4H5BrN2/c5-4-1-2-7(6)3-4/h1-3H,6H2. The third-order valence-electron chi connectivity index (χ3n) is 0.678. The van der Waals surface area contributed by atoms with E-state index in [4.69, 9.17) is 5.84 Å². The fourth-order valence-corrected chi connectivity index (χ4v) is 0.740. The first-order valence-corrected chi connectivity index (χ1v) is 2.67. The zero-order chi connectivity index (χ0) is 5.28. The van der Waals surface area contributed by atoms with Gasteiger partial charge < -0.3 is 5.84 Å². The van der Waals surface area contributed by atoms with Gasteiger partial charge in [0.2, 0.25) is 0 Å². The molecule has 2 nitrogen and oxygen atoms in total. The Morgan fingerprint density at radius 1 is 1.71 bits per heavy atom. The summed E-state index contributed by atoms with van der Waals surface area (Å²) >= 11 is 3.23. The van der Waals surface area contributed by atoms with Gasteiger partial charge in [-0.25, -0.2) is 0 Å². The van der Waals surface area contributed by atoms with Crippen LogP contribution in [0.1, 0.15) is 0 Å². The molecule has 2 N–H and O–H groups in total. The number of nitrogen functional groups attached to an aromatic ring is 1. The average molecular weight is 161 g/mol. The second-order valence-electron chi connectivity index (χ2n) is 1.28. The Labute approximate surface area is 50.0 Å². The van der Waals surface area contributed by atoms with Gasteiger partial charge in [-0.1, -0.05) is 0 Å². The molecule has 1 heterocycles. The number of nitrogens with zero attached hydrogens (tertiary/aromatic N) is 1. The van der Waals surface area contributed by atoms with Crippen LogP contribution in [0.4, 0.5) is 0 Å². The minimum Gasteiger partial charge on any atom is -0.340 e. The van der Waals surface area contributed by atoms with Crippen molar-refractivity contribution in [2.75, 3.05) is 5.84 Å². The monoisotopic (exact) mass is 160 g/mol. The molecule has 0 saturated heterocycles. The van der Waals surface area contributed by atoms with Gasteiger partial charge in [0.25, 0.3) is 0 Å². The van der Waals surface area contributed by atoms with E-state index in [0.717, 1.165) is 4.47 Å². The summed E-state index contributed by atoms with van der Waals surface area (Å²) in [6, 6.07) is 1.88. The van der Waals surface area contributed by atoms with Crippen molar-refractivity contribution in [1.82, 2.24) is 4.68 Å². The summed E-state index contributed by atoms with van der Waals surface area (Å²) in [6.07, 6.45) is 3.55. The maximum absolute atomic E-state index is 5.27. The van der Waals surface area contributed by atoms with Crippen molar-refractivity contribution < 1.29 is 0 Å². The Balaban J connectivity index is 3.04. The second kappa shape index (κ2) is 1.58. The van der Waals surface area contributed by atoms with Crippen molar-refractivity contribution in [1.29, 1.82) is 0 Å². The molecule has 38 valence electrons. The Kier molecular flexibility index (Phi) is 1.06. The van der Waals surface area contributed by atoms with Crippen LogP contribution in [0.25, 0.3) is 0 Å². The van der Waals surface area contributed by atoms with Gasteiger partial charge >= 0.3 is 0 Å². The third kappa shape index (κ3) is 0.962. The van der Waals surface area contributed by atoms with Crippen LogP contribution in [0.2, 0.25) is 0 Å². The topological polar surface area (TPSA) is 30.9 Å². The minimum absolute atomic E-state index is 1.01. The van der Waals surface area contributed by atoms with E-state index in [9.17, 15) is 0 Å². The predicted octanol–water partition coefficient (Wildman–Crippen LogP) is 0.964. The van der Waals surface area contributed by atoms with Crippen LogP contribution in [0.15, 0.2) is 22.9 Å². The Hall–Kier alpha value is -0.440. The van der Waals surface area contributed by atoms with Gasteiger partial charge in [-0.15, -0.1) is 0 Å². The molecule has 0 spiro atoms. The predicted molar refractivity (Wildman–Crippen MR) is 32.3 cm³/mol. The van der Waals surface area contributed by atoms with Crippen molar-refractivity contribution in [3.05, 3.63) is 22.9 Å². The Morgan fingerprint density at radius 3 is 2.57 bits per heavy atom. The van der Waals surface area contributed by atoms with Crippen LogP contribution < -0.4 is 5.84 Å². The lowest BCUT2D eigenvalue weighted by atomic mass is 10.7. The normalized spacial score (nSPS) is 9.29. The summed E-state index contributed by atoms with van der Waals surface area (Å²) in [5, 5.41) is 0. The van der Waals surface area contributed by atoms with Crippen LogP contribution in [0.5, 0.6) is 0 Å². The van der Waals surface area contributed by atoms with Gasteiger partial charge in [-0.2, -0.15) is 0 Å². The highest BCUT2D eigenvalue weighted by Crippen LogP contribution is 2.05. The highest BCUT2D eigenvalue weighted by Gasteiger charge is 1.82. The van der Waals surface area contributed by atoms with Gasteiger partial charge in [-0.05, 0) is 22.0 Å². The van der Waals surface area contributed by atoms with E-state index in [2.05, 4.69) is 15.9 Å². The van der Waals surface area contributed by atoms with Gasteiger partial charge in [0.05, 0.1) is 0 Å². The highest BCUT2D eigenvalue weighted by atomic mass is 79.9. The van der Waals surface area contributed by atoms with E-state index >= 15 is 0 Å². The summed E-state index contributed by atoms with van der Waals surface area (Å²) in [7, 11) is 0. The van der Waals surface area contributed by atoms with Gasteiger partial charge in [0.1, 0.15) is 0 Å². The second-order valence-corrected chi connectivity index (χ2v) is 2.19. The number of rotatable bonds is 0. The average Bonchev–Trinajstić information content (AvgIpc) is 1.87. The molecule has 1 aromatic heterocycles. The van der Waals surface area contributed by atoms with E-state index in [0.29, 0.717) is 0 Å². The maximum Gasteiger partial charge on any atom is 0.0398 e. The number of aromatic nitrogens is 1. The van der Waals surface area contributed by atoms with Gasteiger partial charge in [0.15, 0.2) is 0 Å².